The van der Waals surface area contributed by atoms with E-state index in [1.54, 1.807) is 18.5 Å². The summed E-state index contributed by atoms with van der Waals surface area (Å²) in [5, 5.41) is 4.00. The molecule has 3 aromatic rings. The van der Waals surface area contributed by atoms with Gasteiger partial charge in [-0.15, -0.1) is 0 Å². The lowest BCUT2D eigenvalue weighted by atomic mass is 9.92. The molecule has 29 heavy (non-hydrogen) atoms. The van der Waals surface area contributed by atoms with E-state index in [9.17, 15) is 9.18 Å². The van der Waals surface area contributed by atoms with Gasteiger partial charge >= 0.3 is 0 Å². The van der Waals surface area contributed by atoms with E-state index in [0.717, 1.165) is 54.2 Å². The highest BCUT2D eigenvalue weighted by atomic mass is 19.1. The molecule has 1 unspecified atom stereocenters. The molecule has 0 bridgehead atoms. The number of nitrogens with zero attached hydrogens (tertiary/aromatic N) is 4. The van der Waals surface area contributed by atoms with E-state index in [4.69, 9.17) is 4.52 Å². The van der Waals surface area contributed by atoms with E-state index in [-0.39, 0.29) is 11.7 Å². The minimum absolute atomic E-state index is 0.0474. The first-order valence-corrected chi connectivity index (χ1v) is 9.80. The number of likely N-dealkylation sites (tertiary alicyclic amines) is 1. The molecule has 7 heteroatoms. The van der Waals surface area contributed by atoms with Crippen molar-refractivity contribution in [3.63, 3.8) is 0 Å². The van der Waals surface area contributed by atoms with E-state index in [2.05, 4.69) is 15.1 Å². The summed E-state index contributed by atoms with van der Waals surface area (Å²) in [6.07, 6.45) is 4.32. The van der Waals surface area contributed by atoms with E-state index >= 15 is 0 Å². The van der Waals surface area contributed by atoms with Gasteiger partial charge in [0.2, 0.25) is 0 Å². The number of halogens is 1. The second-order valence-electron chi connectivity index (χ2n) is 7.56. The molecule has 1 aromatic carbocycles. The number of amides is 1. The number of hydrogen-bond acceptors (Lipinski definition) is 5. The third-order valence-corrected chi connectivity index (χ3v) is 5.41. The first-order chi connectivity index (χ1) is 14.0. The van der Waals surface area contributed by atoms with E-state index in [1.165, 1.54) is 12.1 Å². The van der Waals surface area contributed by atoms with Crippen molar-refractivity contribution in [1.29, 1.82) is 0 Å². The van der Waals surface area contributed by atoms with Crippen LogP contribution < -0.4 is 0 Å². The molecule has 2 aromatic heterocycles. The van der Waals surface area contributed by atoms with Gasteiger partial charge in [0.25, 0.3) is 5.91 Å². The van der Waals surface area contributed by atoms with Gasteiger partial charge < -0.3 is 9.42 Å². The third kappa shape index (κ3) is 4.18. The van der Waals surface area contributed by atoms with Crippen LogP contribution in [0.4, 0.5) is 4.39 Å². The van der Waals surface area contributed by atoms with E-state index in [1.807, 2.05) is 24.8 Å². The number of carbonyl (C=O) groups is 1. The van der Waals surface area contributed by atoms with Crippen LogP contribution >= 0.6 is 0 Å². The van der Waals surface area contributed by atoms with Crippen molar-refractivity contribution in [2.45, 2.75) is 33.1 Å². The largest absolute Gasteiger partial charge is 0.361 e. The Hall–Kier alpha value is -3.09. The zero-order valence-corrected chi connectivity index (χ0v) is 16.6. The highest BCUT2D eigenvalue weighted by Gasteiger charge is 2.25. The van der Waals surface area contributed by atoms with E-state index < -0.39 is 0 Å². The van der Waals surface area contributed by atoms with Crippen LogP contribution in [0.2, 0.25) is 0 Å². The van der Waals surface area contributed by atoms with Gasteiger partial charge in [-0.25, -0.2) is 14.4 Å². The number of aromatic nitrogens is 3. The predicted octanol–water partition coefficient (Wildman–Crippen LogP) is 3.98. The maximum Gasteiger partial charge on any atom is 0.253 e. The van der Waals surface area contributed by atoms with Gasteiger partial charge in [-0.05, 0) is 69.4 Å². The number of carbonyl (C=O) groups excluding carboxylic acids is 1. The van der Waals surface area contributed by atoms with Crippen LogP contribution in [-0.2, 0) is 6.42 Å². The SMILES string of the molecule is Cc1noc(C)c1-c1cc(CC2CCCN(C(=O)c3ccc(F)cc3)C2)ncn1. The number of benzene rings is 1. The molecule has 1 atom stereocenters. The van der Waals surface area contributed by atoms with Crippen molar-refractivity contribution in [2.75, 3.05) is 13.1 Å². The summed E-state index contributed by atoms with van der Waals surface area (Å²) < 4.78 is 18.4. The fraction of sp³-hybridized carbons (Fsp3) is 0.364. The summed E-state index contributed by atoms with van der Waals surface area (Å²) in [6, 6.07) is 7.72. The smallest absolute Gasteiger partial charge is 0.253 e. The van der Waals surface area contributed by atoms with Crippen LogP contribution in [0.25, 0.3) is 11.3 Å². The monoisotopic (exact) mass is 394 g/mol. The molecule has 0 saturated carbocycles. The fourth-order valence-corrected chi connectivity index (χ4v) is 3.98. The summed E-state index contributed by atoms with van der Waals surface area (Å²) in [4.78, 5) is 23.4. The summed E-state index contributed by atoms with van der Waals surface area (Å²) in [7, 11) is 0. The van der Waals surface area contributed by atoms with Crippen LogP contribution in [0.5, 0.6) is 0 Å². The molecule has 1 fully saturated rings. The molecule has 1 aliphatic heterocycles. The van der Waals surface area contributed by atoms with Crippen LogP contribution in [0.3, 0.4) is 0 Å². The lowest BCUT2D eigenvalue weighted by Crippen LogP contribution is -2.40. The van der Waals surface area contributed by atoms with Crippen molar-refractivity contribution >= 4 is 5.91 Å². The van der Waals surface area contributed by atoms with Gasteiger partial charge in [-0.1, -0.05) is 5.16 Å². The summed E-state index contributed by atoms with van der Waals surface area (Å²) in [6.45, 7) is 5.16. The molecule has 150 valence electrons. The molecule has 3 heterocycles. The number of rotatable bonds is 4. The van der Waals surface area contributed by atoms with Crippen LogP contribution in [-0.4, -0.2) is 39.0 Å². The Kier molecular flexibility index (Phi) is 5.38. The van der Waals surface area contributed by atoms with Gasteiger partial charge in [0.1, 0.15) is 17.9 Å². The average Bonchev–Trinajstić information content (AvgIpc) is 3.06. The van der Waals surface area contributed by atoms with Crippen molar-refractivity contribution in [2.24, 2.45) is 5.92 Å². The standard InChI is InChI=1S/C22H23FN4O2/c1-14-21(15(2)29-26-14)20-11-19(24-13-25-20)10-16-4-3-9-27(12-16)22(28)17-5-7-18(23)8-6-17/h5-8,11,13,16H,3-4,9-10,12H2,1-2H3. The molecular weight excluding hydrogens is 371 g/mol. The molecule has 1 aliphatic rings. The Morgan fingerprint density at radius 2 is 2.03 bits per heavy atom. The summed E-state index contributed by atoms with van der Waals surface area (Å²) in [5.74, 6) is 0.672. The molecule has 0 N–H and O–H groups in total. The fourth-order valence-electron chi connectivity index (χ4n) is 3.98. The maximum atomic E-state index is 13.1. The van der Waals surface area contributed by atoms with Crippen molar-refractivity contribution in [1.82, 2.24) is 20.0 Å². The van der Waals surface area contributed by atoms with Gasteiger partial charge in [0.15, 0.2) is 0 Å². The number of hydrogen-bond donors (Lipinski definition) is 0. The normalized spacial score (nSPS) is 16.8. The van der Waals surface area contributed by atoms with Crippen LogP contribution in [0.1, 0.15) is 40.3 Å². The molecule has 0 spiro atoms. The molecule has 0 aliphatic carbocycles. The van der Waals surface area contributed by atoms with E-state index in [0.29, 0.717) is 18.0 Å². The number of piperidine rings is 1. The molecule has 6 nitrogen and oxygen atoms in total. The Morgan fingerprint density at radius 3 is 2.76 bits per heavy atom. The minimum Gasteiger partial charge on any atom is -0.361 e. The van der Waals surface area contributed by atoms with Gasteiger partial charge in [0, 0.05) is 24.3 Å². The third-order valence-electron chi connectivity index (χ3n) is 5.41. The Morgan fingerprint density at radius 1 is 1.24 bits per heavy atom. The number of aryl methyl sites for hydroxylation is 2. The molecule has 4 rings (SSSR count). The second-order valence-corrected chi connectivity index (χ2v) is 7.56. The topological polar surface area (TPSA) is 72.1 Å². The van der Waals surface area contributed by atoms with Crippen molar-refractivity contribution in [3.05, 3.63) is 65.2 Å². The zero-order chi connectivity index (χ0) is 20.4. The summed E-state index contributed by atoms with van der Waals surface area (Å²) >= 11 is 0. The average molecular weight is 394 g/mol. The molecular formula is C22H23FN4O2. The quantitative estimate of drug-likeness (QED) is 0.669. The van der Waals surface area contributed by atoms with Crippen LogP contribution in [0.15, 0.2) is 41.2 Å². The molecule has 1 amide bonds. The predicted molar refractivity (Wildman–Crippen MR) is 106 cm³/mol. The highest BCUT2D eigenvalue weighted by molar-refractivity contribution is 5.94. The second kappa shape index (κ2) is 8.11. The lowest BCUT2D eigenvalue weighted by Gasteiger charge is -2.32. The lowest BCUT2D eigenvalue weighted by molar-refractivity contribution is 0.0672. The van der Waals surface area contributed by atoms with Gasteiger partial charge in [-0.3, -0.25) is 4.79 Å². The molecule has 1 saturated heterocycles. The minimum atomic E-state index is -0.337. The van der Waals surface area contributed by atoms with Crippen molar-refractivity contribution < 1.29 is 13.7 Å². The van der Waals surface area contributed by atoms with Gasteiger partial charge in [0.05, 0.1) is 17.0 Å². The van der Waals surface area contributed by atoms with Gasteiger partial charge in [-0.2, -0.15) is 0 Å². The summed E-state index contributed by atoms with van der Waals surface area (Å²) in [5.41, 5.74) is 3.98. The Balaban J connectivity index is 1.46. The highest BCUT2D eigenvalue weighted by Crippen LogP contribution is 2.27. The van der Waals surface area contributed by atoms with Crippen LogP contribution in [0, 0.1) is 25.6 Å². The zero-order valence-electron chi connectivity index (χ0n) is 16.6. The van der Waals surface area contributed by atoms with Crippen molar-refractivity contribution in [3.8, 4) is 11.3 Å². The first kappa shape index (κ1) is 19.2. The molecule has 0 radical (unpaired) electrons. The Bertz CT molecular complexity index is 996. The first-order valence-electron chi connectivity index (χ1n) is 9.80. The maximum absolute atomic E-state index is 13.1. The Labute approximate surface area is 168 Å².